The van der Waals surface area contributed by atoms with Gasteiger partial charge >= 0.3 is 5.97 Å². The molecule has 0 saturated heterocycles. The van der Waals surface area contributed by atoms with Gasteiger partial charge < -0.3 is 9.47 Å². The molecule has 3 heterocycles. The van der Waals surface area contributed by atoms with Crippen LogP contribution in [0, 0.1) is 0 Å². The molecule has 4 rings (SSSR count). The SMILES string of the molecule is Cn1ncc2ccc(-c3cncc4c3COCC4CC(=O)OC(C)(C)C)cc21. The molecule has 0 amide bonds. The van der Waals surface area contributed by atoms with E-state index in [1.54, 1.807) is 0 Å². The van der Waals surface area contributed by atoms with Crippen molar-refractivity contribution in [1.82, 2.24) is 14.8 Å². The van der Waals surface area contributed by atoms with Gasteiger partial charge in [-0.1, -0.05) is 12.1 Å². The van der Waals surface area contributed by atoms with Gasteiger partial charge in [0.15, 0.2) is 0 Å². The lowest BCUT2D eigenvalue weighted by Crippen LogP contribution is -2.27. The number of ether oxygens (including phenoxy) is 2. The predicted molar refractivity (Wildman–Crippen MR) is 107 cm³/mol. The fourth-order valence-corrected chi connectivity index (χ4v) is 3.72. The number of esters is 1. The molecule has 0 fully saturated rings. The van der Waals surface area contributed by atoms with Crippen LogP contribution in [0.5, 0.6) is 0 Å². The Bertz CT molecular complexity index is 1030. The van der Waals surface area contributed by atoms with Gasteiger partial charge in [0.25, 0.3) is 0 Å². The van der Waals surface area contributed by atoms with Crippen molar-refractivity contribution in [3.8, 4) is 11.1 Å². The van der Waals surface area contributed by atoms with Crippen molar-refractivity contribution in [2.24, 2.45) is 7.05 Å². The van der Waals surface area contributed by atoms with Crippen molar-refractivity contribution in [3.63, 3.8) is 0 Å². The molecule has 1 aromatic carbocycles. The summed E-state index contributed by atoms with van der Waals surface area (Å²) in [4.78, 5) is 16.8. The van der Waals surface area contributed by atoms with Crippen molar-refractivity contribution >= 4 is 16.9 Å². The average molecular weight is 379 g/mol. The van der Waals surface area contributed by atoms with Crippen LogP contribution in [-0.2, 0) is 27.9 Å². The molecule has 0 spiro atoms. The second-order valence-corrected chi connectivity index (χ2v) is 8.30. The number of aromatic nitrogens is 3. The molecule has 6 heteroatoms. The minimum atomic E-state index is -0.492. The van der Waals surface area contributed by atoms with Gasteiger partial charge in [-0.25, -0.2) is 0 Å². The van der Waals surface area contributed by atoms with Gasteiger partial charge in [-0.15, -0.1) is 0 Å². The Kier molecular flexibility index (Phi) is 4.67. The minimum Gasteiger partial charge on any atom is -0.460 e. The lowest BCUT2D eigenvalue weighted by atomic mass is 9.88. The first-order valence-electron chi connectivity index (χ1n) is 9.50. The summed E-state index contributed by atoms with van der Waals surface area (Å²) in [7, 11) is 1.94. The van der Waals surface area contributed by atoms with Crippen molar-refractivity contribution in [1.29, 1.82) is 0 Å². The first kappa shape index (κ1) is 18.6. The van der Waals surface area contributed by atoms with Crippen LogP contribution in [0.15, 0.2) is 36.8 Å². The van der Waals surface area contributed by atoms with Gasteiger partial charge in [0.1, 0.15) is 5.60 Å². The van der Waals surface area contributed by atoms with E-state index in [4.69, 9.17) is 9.47 Å². The van der Waals surface area contributed by atoms with E-state index in [9.17, 15) is 4.79 Å². The quantitative estimate of drug-likeness (QED) is 0.644. The second kappa shape index (κ2) is 7.02. The number of nitrogens with zero attached hydrogens (tertiary/aromatic N) is 3. The van der Waals surface area contributed by atoms with Crippen molar-refractivity contribution < 1.29 is 14.3 Å². The zero-order valence-electron chi connectivity index (χ0n) is 16.7. The maximum Gasteiger partial charge on any atom is 0.307 e. The summed E-state index contributed by atoms with van der Waals surface area (Å²) in [5.74, 6) is -0.262. The molecule has 1 aliphatic rings. The third kappa shape index (κ3) is 3.64. The maximum atomic E-state index is 12.3. The fraction of sp³-hybridized carbons (Fsp3) is 0.409. The molecule has 6 nitrogen and oxygen atoms in total. The van der Waals surface area contributed by atoms with Crippen LogP contribution in [0.3, 0.4) is 0 Å². The third-order valence-electron chi connectivity index (χ3n) is 4.99. The molecule has 0 aliphatic carbocycles. The molecular weight excluding hydrogens is 354 g/mol. The summed E-state index contributed by atoms with van der Waals surface area (Å²) in [6, 6.07) is 6.27. The third-order valence-corrected chi connectivity index (χ3v) is 4.99. The van der Waals surface area contributed by atoms with Crippen molar-refractivity contribution in [2.45, 2.75) is 45.3 Å². The zero-order valence-corrected chi connectivity index (χ0v) is 16.7. The summed E-state index contributed by atoms with van der Waals surface area (Å²) in [5, 5.41) is 5.42. The summed E-state index contributed by atoms with van der Waals surface area (Å²) in [6.07, 6.45) is 5.88. The van der Waals surface area contributed by atoms with Crippen LogP contribution < -0.4 is 0 Å². The second-order valence-electron chi connectivity index (χ2n) is 8.30. The van der Waals surface area contributed by atoms with Crippen LogP contribution in [-0.4, -0.2) is 32.9 Å². The van der Waals surface area contributed by atoms with E-state index >= 15 is 0 Å². The standard InChI is InChI=1S/C22H25N3O3/c1-22(2,3)28-21(26)8-16-12-27-13-19-17(10-23-11-18(16)19)14-5-6-15-9-24-25(4)20(15)7-14/h5-7,9-11,16H,8,12-13H2,1-4H3. The molecule has 0 radical (unpaired) electrons. The van der Waals surface area contributed by atoms with Gasteiger partial charge in [-0.2, -0.15) is 5.10 Å². The highest BCUT2D eigenvalue weighted by atomic mass is 16.6. The molecule has 146 valence electrons. The molecule has 0 bridgehead atoms. The van der Waals surface area contributed by atoms with E-state index in [0.29, 0.717) is 13.2 Å². The number of hydrogen-bond acceptors (Lipinski definition) is 5. The Morgan fingerprint density at radius 2 is 2.11 bits per heavy atom. The Hall–Kier alpha value is -2.73. The van der Waals surface area contributed by atoms with E-state index < -0.39 is 5.60 Å². The van der Waals surface area contributed by atoms with Crippen LogP contribution in [0.2, 0.25) is 0 Å². The van der Waals surface area contributed by atoms with E-state index in [1.165, 1.54) is 0 Å². The molecular formula is C22H25N3O3. The first-order chi connectivity index (χ1) is 13.3. The number of aryl methyl sites for hydroxylation is 1. The number of benzene rings is 1. The van der Waals surface area contributed by atoms with Crippen molar-refractivity contribution in [2.75, 3.05) is 6.61 Å². The fourth-order valence-electron chi connectivity index (χ4n) is 3.72. The monoisotopic (exact) mass is 379 g/mol. The Morgan fingerprint density at radius 1 is 1.29 bits per heavy atom. The lowest BCUT2D eigenvalue weighted by Gasteiger charge is -2.28. The summed E-state index contributed by atoms with van der Waals surface area (Å²) < 4.78 is 13.2. The largest absolute Gasteiger partial charge is 0.460 e. The number of hydrogen-bond donors (Lipinski definition) is 0. The number of rotatable bonds is 3. The highest BCUT2D eigenvalue weighted by molar-refractivity contribution is 5.85. The number of fused-ring (bicyclic) bond motifs is 2. The van der Waals surface area contributed by atoms with Crippen LogP contribution in [0.1, 0.15) is 44.2 Å². The molecule has 2 aromatic heterocycles. The topological polar surface area (TPSA) is 66.2 Å². The lowest BCUT2D eigenvalue weighted by molar-refractivity contribution is -0.155. The molecule has 1 atom stereocenters. The normalized spacial score (nSPS) is 16.8. The zero-order chi connectivity index (χ0) is 19.9. The Morgan fingerprint density at radius 3 is 2.89 bits per heavy atom. The predicted octanol–water partition coefficient (Wildman–Crippen LogP) is 3.98. The number of pyridine rings is 1. The van der Waals surface area contributed by atoms with E-state index in [2.05, 4.69) is 28.3 Å². The smallest absolute Gasteiger partial charge is 0.307 e. The summed E-state index contributed by atoms with van der Waals surface area (Å²) in [6.45, 7) is 6.65. The summed E-state index contributed by atoms with van der Waals surface area (Å²) in [5.41, 5.74) is 4.85. The van der Waals surface area contributed by atoms with E-state index in [0.717, 1.165) is 33.2 Å². The van der Waals surface area contributed by atoms with Crippen LogP contribution in [0.4, 0.5) is 0 Å². The van der Waals surface area contributed by atoms with E-state index in [-0.39, 0.29) is 18.3 Å². The first-order valence-corrected chi connectivity index (χ1v) is 9.50. The minimum absolute atomic E-state index is 0.0496. The Balaban J connectivity index is 1.68. The molecule has 1 unspecified atom stereocenters. The van der Waals surface area contributed by atoms with Gasteiger partial charge in [-0.05, 0) is 43.5 Å². The maximum absolute atomic E-state index is 12.3. The summed E-state index contributed by atoms with van der Waals surface area (Å²) >= 11 is 0. The van der Waals surface area contributed by atoms with Gasteiger partial charge in [0.05, 0.1) is 31.3 Å². The molecule has 0 saturated carbocycles. The van der Waals surface area contributed by atoms with Gasteiger partial charge in [0.2, 0.25) is 0 Å². The highest BCUT2D eigenvalue weighted by Gasteiger charge is 2.28. The molecule has 28 heavy (non-hydrogen) atoms. The number of carbonyl (C=O) groups is 1. The number of carbonyl (C=O) groups excluding carboxylic acids is 1. The molecule has 0 N–H and O–H groups in total. The van der Waals surface area contributed by atoms with Gasteiger partial charge in [-0.3, -0.25) is 14.5 Å². The Labute approximate surface area is 164 Å². The van der Waals surface area contributed by atoms with Crippen LogP contribution in [0.25, 0.3) is 22.0 Å². The van der Waals surface area contributed by atoms with Crippen molar-refractivity contribution in [3.05, 3.63) is 47.9 Å². The average Bonchev–Trinajstić information content (AvgIpc) is 3.00. The molecule has 3 aromatic rings. The molecule has 1 aliphatic heterocycles. The van der Waals surface area contributed by atoms with Crippen LogP contribution >= 0.6 is 0 Å². The van der Waals surface area contributed by atoms with E-state index in [1.807, 2.05) is 51.1 Å². The van der Waals surface area contributed by atoms with Gasteiger partial charge in [0, 0.05) is 36.3 Å². The highest BCUT2D eigenvalue weighted by Crippen LogP contribution is 2.36.